The molecule has 3 heteroatoms. The zero-order chi connectivity index (χ0) is 14.1. The fourth-order valence-corrected chi connectivity index (χ4v) is 3.46. The van der Waals surface area contributed by atoms with Crippen molar-refractivity contribution in [1.29, 1.82) is 0 Å². The maximum Gasteiger partial charge on any atom is 0.169 e. The van der Waals surface area contributed by atoms with E-state index in [1.165, 1.54) is 5.56 Å². The molecule has 1 aromatic carbocycles. The van der Waals surface area contributed by atoms with E-state index >= 15 is 0 Å². The van der Waals surface area contributed by atoms with Crippen molar-refractivity contribution in [2.75, 3.05) is 13.2 Å². The van der Waals surface area contributed by atoms with Crippen molar-refractivity contribution in [3.63, 3.8) is 0 Å². The lowest BCUT2D eigenvalue weighted by atomic mass is 9.72. The van der Waals surface area contributed by atoms with Gasteiger partial charge in [0, 0.05) is 12.8 Å². The molecule has 1 heterocycles. The van der Waals surface area contributed by atoms with E-state index in [1.807, 2.05) is 6.07 Å². The Morgan fingerprint density at radius 1 is 1.15 bits per heavy atom. The molecular weight excluding hydrogens is 252 g/mol. The van der Waals surface area contributed by atoms with Gasteiger partial charge < -0.3 is 14.2 Å². The highest BCUT2D eigenvalue weighted by Gasteiger charge is 2.49. The summed E-state index contributed by atoms with van der Waals surface area (Å²) in [6.45, 7) is 6.66. The van der Waals surface area contributed by atoms with Crippen LogP contribution in [0.2, 0.25) is 0 Å². The smallest absolute Gasteiger partial charge is 0.169 e. The molecule has 1 unspecified atom stereocenters. The predicted octanol–water partition coefficient (Wildman–Crippen LogP) is 3.53. The number of rotatable bonds is 3. The van der Waals surface area contributed by atoms with Gasteiger partial charge in [-0.15, -0.1) is 0 Å². The Hall–Kier alpha value is -0.900. The molecule has 3 nitrogen and oxygen atoms in total. The van der Waals surface area contributed by atoms with Crippen LogP contribution in [-0.4, -0.2) is 25.1 Å². The van der Waals surface area contributed by atoms with Crippen LogP contribution in [0.25, 0.3) is 0 Å². The Labute approximate surface area is 121 Å². The van der Waals surface area contributed by atoms with E-state index in [-0.39, 0.29) is 17.3 Å². The monoisotopic (exact) mass is 276 g/mol. The molecule has 1 saturated heterocycles. The summed E-state index contributed by atoms with van der Waals surface area (Å²) < 4.78 is 17.9. The van der Waals surface area contributed by atoms with Crippen molar-refractivity contribution >= 4 is 0 Å². The minimum absolute atomic E-state index is 0.0807. The van der Waals surface area contributed by atoms with Crippen LogP contribution in [0.5, 0.6) is 0 Å². The zero-order valence-electron chi connectivity index (χ0n) is 12.4. The maximum absolute atomic E-state index is 6.18. The zero-order valence-corrected chi connectivity index (χ0v) is 12.4. The Morgan fingerprint density at radius 2 is 1.85 bits per heavy atom. The largest absolute Gasteiger partial charge is 0.373 e. The molecule has 0 aromatic heterocycles. The molecule has 2 aliphatic rings. The number of hydrogen-bond acceptors (Lipinski definition) is 3. The van der Waals surface area contributed by atoms with Crippen molar-refractivity contribution in [3.8, 4) is 0 Å². The minimum atomic E-state index is -0.337. The Kier molecular flexibility index (Phi) is 3.85. The van der Waals surface area contributed by atoms with Gasteiger partial charge in [-0.05, 0) is 17.4 Å². The van der Waals surface area contributed by atoms with Crippen LogP contribution >= 0.6 is 0 Å². The molecule has 2 fully saturated rings. The standard InChI is InChI=1S/C17H24O3/c1-16(2)13-17(19-10-11-20-17)9-8-15(16)18-12-14-6-4-3-5-7-14/h3-7,15H,8-13H2,1-2H3. The quantitative estimate of drug-likeness (QED) is 0.845. The highest BCUT2D eigenvalue weighted by atomic mass is 16.7. The third-order valence-corrected chi connectivity index (χ3v) is 4.49. The lowest BCUT2D eigenvalue weighted by Gasteiger charge is -2.46. The van der Waals surface area contributed by atoms with Gasteiger partial charge in [-0.2, -0.15) is 0 Å². The fourth-order valence-electron chi connectivity index (χ4n) is 3.46. The summed E-state index contributed by atoms with van der Waals surface area (Å²) in [5.41, 5.74) is 1.31. The summed E-state index contributed by atoms with van der Waals surface area (Å²) in [6, 6.07) is 10.4. The number of ether oxygens (including phenoxy) is 3. The van der Waals surface area contributed by atoms with Crippen LogP contribution in [0, 0.1) is 5.41 Å². The molecule has 1 atom stereocenters. The molecule has 0 radical (unpaired) electrons. The van der Waals surface area contributed by atoms with E-state index in [9.17, 15) is 0 Å². The molecular formula is C17H24O3. The van der Waals surface area contributed by atoms with Crippen molar-refractivity contribution in [2.24, 2.45) is 5.41 Å². The molecule has 1 aliphatic carbocycles. The highest BCUT2D eigenvalue weighted by Crippen LogP contribution is 2.46. The number of hydrogen-bond donors (Lipinski definition) is 0. The molecule has 1 aromatic rings. The van der Waals surface area contributed by atoms with Gasteiger partial charge in [0.15, 0.2) is 5.79 Å². The van der Waals surface area contributed by atoms with E-state index in [0.717, 1.165) is 32.5 Å². The van der Waals surface area contributed by atoms with Crippen LogP contribution in [0.15, 0.2) is 30.3 Å². The van der Waals surface area contributed by atoms with E-state index in [2.05, 4.69) is 38.1 Å². The summed E-state index contributed by atoms with van der Waals surface area (Å²) in [5, 5.41) is 0. The lowest BCUT2D eigenvalue weighted by Crippen LogP contribution is -2.48. The van der Waals surface area contributed by atoms with E-state index in [0.29, 0.717) is 6.61 Å². The van der Waals surface area contributed by atoms with E-state index in [4.69, 9.17) is 14.2 Å². The van der Waals surface area contributed by atoms with Gasteiger partial charge in [0.2, 0.25) is 0 Å². The fraction of sp³-hybridized carbons (Fsp3) is 0.647. The first-order valence-corrected chi connectivity index (χ1v) is 7.53. The van der Waals surface area contributed by atoms with Crippen molar-refractivity contribution in [3.05, 3.63) is 35.9 Å². The van der Waals surface area contributed by atoms with Crippen LogP contribution in [0.4, 0.5) is 0 Å². The van der Waals surface area contributed by atoms with Gasteiger partial charge in [-0.1, -0.05) is 44.2 Å². The first-order chi connectivity index (χ1) is 9.60. The van der Waals surface area contributed by atoms with Gasteiger partial charge in [0.05, 0.1) is 25.9 Å². The molecule has 0 amide bonds. The molecule has 1 spiro atoms. The molecule has 3 rings (SSSR count). The second-order valence-corrected chi connectivity index (χ2v) is 6.60. The average molecular weight is 276 g/mol. The Bertz CT molecular complexity index is 435. The summed E-state index contributed by atoms with van der Waals surface area (Å²) in [4.78, 5) is 0. The molecule has 1 saturated carbocycles. The Morgan fingerprint density at radius 3 is 2.50 bits per heavy atom. The summed E-state index contributed by atoms with van der Waals surface area (Å²) in [6.07, 6.45) is 3.12. The van der Waals surface area contributed by atoms with E-state index in [1.54, 1.807) is 0 Å². The van der Waals surface area contributed by atoms with E-state index < -0.39 is 0 Å². The maximum atomic E-state index is 6.18. The predicted molar refractivity (Wildman–Crippen MR) is 77.3 cm³/mol. The van der Waals surface area contributed by atoms with Gasteiger partial charge in [0.1, 0.15) is 0 Å². The molecule has 20 heavy (non-hydrogen) atoms. The van der Waals surface area contributed by atoms with Crippen molar-refractivity contribution in [1.82, 2.24) is 0 Å². The van der Waals surface area contributed by atoms with Gasteiger partial charge in [-0.3, -0.25) is 0 Å². The van der Waals surface area contributed by atoms with Crippen molar-refractivity contribution in [2.45, 2.75) is 51.6 Å². The third-order valence-electron chi connectivity index (χ3n) is 4.49. The Balaban J connectivity index is 1.60. The second-order valence-electron chi connectivity index (χ2n) is 6.60. The molecule has 0 N–H and O–H groups in total. The van der Waals surface area contributed by atoms with Crippen LogP contribution in [-0.2, 0) is 20.8 Å². The van der Waals surface area contributed by atoms with Gasteiger partial charge >= 0.3 is 0 Å². The lowest BCUT2D eigenvalue weighted by molar-refractivity contribution is -0.225. The SMILES string of the molecule is CC1(C)CC2(CCC1OCc1ccccc1)OCCO2. The van der Waals surface area contributed by atoms with Gasteiger partial charge in [-0.25, -0.2) is 0 Å². The number of benzene rings is 1. The molecule has 110 valence electrons. The summed E-state index contributed by atoms with van der Waals surface area (Å²) >= 11 is 0. The molecule has 0 bridgehead atoms. The van der Waals surface area contributed by atoms with Crippen LogP contribution in [0.1, 0.15) is 38.7 Å². The summed E-state index contributed by atoms with van der Waals surface area (Å²) in [5.74, 6) is -0.337. The minimum Gasteiger partial charge on any atom is -0.373 e. The average Bonchev–Trinajstić information content (AvgIpc) is 2.86. The first kappa shape index (κ1) is 14.1. The van der Waals surface area contributed by atoms with Gasteiger partial charge in [0.25, 0.3) is 0 Å². The summed E-state index contributed by atoms with van der Waals surface area (Å²) in [7, 11) is 0. The van der Waals surface area contributed by atoms with Crippen LogP contribution < -0.4 is 0 Å². The second kappa shape index (κ2) is 5.47. The first-order valence-electron chi connectivity index (χ1n) is 7.53. The topological polar surface area (TPSA) is 27.7 Å². The van der Waals surface area contributed by atoms with Crippen molar-refractivity contribution < 1.29 is 14.2 Å². The van der Waals surface area contributed by atoms with Crippen LogP contribution in [0.3, 0.4) is 0 Å². The molecule has 1 aliphatic heterocycles. The highest BCUT2D eigenvalue weighted by molar-refractivity contribution is 5.13. The third kappa shape index (κ3) is 2.90. The normalized spacial score (nSPS) is 27.8.